The first-order chi connectivity index (χ1) is 6.79. The zero-order chi connectivity index (χ0) is 9.97. The summed E-state index contributed by atoms with van der Waals surface area (Å²) in [5.41, 5.74) is 8.15. The summed E-state index contributed by atoms with van der Waals surface area (Å²) in [6.45, 7) is 1.64. The molecule has 5 heteroatoms. The Kier molecular flexibility index (Phi) is 5.19. The van der Waals surface area contributed by atoms with E-state index in [2.05, 4.69) is 9.88 Å². The standard InChI is InChI=1S/C10H11N4.K/c11-5-8-1-2-10(13-6-8)14-4-3-9(12)7-14;/h1-2,6,9,12H,3-4,7H2;/q-1;+1. The van der Waals surface area contributed by atoms with E-state index in [1.165, 1.54) is 0 Å². The molecule has 1 fully saturated rings. The first-order valence-corrected chi connectivity index (χ1v) is 4.62. The number of rotatable bonds is 1. The summed E-state index contributed by atoms with van der Waals surface area (Å²) in [6, 6.07) is 5.65. The van der Waals surface area contributed by atoms with Crippen molar-refractivity contribution in [3.05, 3.63) is 29.6 Å². The van der Waals surface area contributed by atoms with Crippen molar-refractivity contribution in [3.63, 3.8) is 0 Å². The van der Waals surface area contributed by atoms with Crippen molar-refractivity contribution in [2.45, 2.75) is 12.5 Å². The van der Waals surface area contributed by atoms with Gasteiger partial charge in [-0.25, -0.2) is 4.98 Å². The molecule has 1 unspecified atom stereocenters. The molecule has 0 aliphatic carbocycles. The van der Waals surface area contributed by atoms with Gasteiger partial charge in [-0.1, -0.05) is 6.42 Å². The van der Waals surface area contributed by atoms with Crippen molar-refractivity contribution in [1.82, 2.24) is 4.98 Å². The van der Waals surface area contributed by atoms with E-state index in [4.69, 9.17) is 11.0 Å². The molecular formula is C10H11KN4. The molecule has 0 saturated carbocycles. The Bertz CT molecular complexity index is 357. The average Bonchev–Trinajstić information content (AvgIpc) is 2.65. The molecule has 0 aromatic carbocycles. The fraction of sp³-hybridized carbons (Fsp3) is 0.400. The van der Waals surface area contributed by atoms with Crippen LogP contribution in [-0.2, 0) is 0 Å². The summed E-state index contributed by atoms with van der Waals surface area (Å²) in [4.78, 5) is 6.27. The second-order valence-electron chi connectivity index (χ2n) is 3.45. The number of aromatic nitrogens is 1. The van der Waals surface area contributed by atoms with Crippen molar-refractivity contribution < 1.29 is 51.4 Å². The van der Waals surface area contributed by atoms with Crippen molar-refractivity contribution in [3.8, 4) is 6.07 Å². The van der Waals surface area contributed by atoms with Gasteiger partial charge < -0.3 is 10.6 Å². The molecule has 0 radical (unpaired) electrons. The van der Waals surface area contributed by atoms with Gasteiger partial charge in [0.1, 0.15) is 11.9 Å². The fourth-order valence-electron chi connectivity index (χ4n) is 1.61. The Morgan fingerprint density at radius 3 is 2.80 bits per heavy atom. The first-order valence-electron chi connectivity index (χ1n) is 4.62. The molecule has 1 saturated heterocycles. The van der Waals surface area contributed by atoms with Crippen molar-refractivity contribution in [1.29, 1.82) is 5.26 Å². The third-order valence-corrected chi connectivity index (χ3v) is 2.39. The van der Waals surface area contributed by atoms with Gasteiger partial charge in [0.15, 0.2) is 0 Å². The number of hydrogen-bond acceptors (Lipinski definition) is 3. The van der Waals surface area contributed by atoms with Crippen molar-refractivity contribution in [2.24, 2.45) is 0 Å². The van der Waals surface area contributed by atoms with E-state index in [9.17, 15) is 0 Å². The summed E-state index contributed by atoms with van der Waals surface area (Å²) >= 11 is 0. The van der Waals surface area contributed by atoms with E-state index < -0.39 is 0 Å². The minimum Gasteiger partial charge on any atom is -0.673 e. The quantitative estimate of drug-likeness (QED) is 0.553. The molecule has 1 N–H and O–H groups in total. The van der Waals surface area contributed by atoms with E-state index in [0.717, 1.165) is 25.3 Å². The number of pyridine rings is 1. The molecule has 1 aromatic rings. The summed E-state index contributed by atoms with van der Waals surface area (Å²) in [5.74, 6) is 0.874. The van der Waals surface area contributed by atoms with Crippen LogP contribution in [0.2, 0.25) is 0 Å². The van der Waals surface area contributed by atoms with Gasteiger partial charge in [0.2, 0.25) is 0 Å². The van der Waals surface area contributed by atoms with Gasteiger partial charge in [-0.05, 0) is 12.1 Å². The Morgan fingerprint density at radius 1 is 1.53 bits per heavy atom. The third-order valence-electron chi connectivity index (χ3n) is 2.39. The molecule has 72 valence electrons. The molecule has 1 aliphatic heterocycles. The SMILES string of the molecule is N#Cc1ccc(N2CCC([NH-])C2)nc1.[K+]. The van der Waals surface area contributed by atoms with Gasteiger partial charge in [0.25, 0.3) is 0 Å². The molecular weight excluding hydrogens is 215 g/mol. The minimum absolute atomic E-state index is 0. The molecule has 1 aliphatic rings. The average molecular weight is 226 g/mol. The Hall–Kier alpha value is 0.0364. The van der Waals surface area contributed by atoms with Crippen LogP contribution in [0.5, 0.6) is 0 Å². The zero-order valence-electron chi connectivity index (χ0n) is 8.77. The molecule has 1 aromatic heterocycles. The molecule has 0 amide bonds. The second-order valence-corrected chi connectivity index (χ2v) is 3.45. The van der Waals surface area contributed by atoms with Crippen LogP contribution in [0.15, 0.2) is 18.3 Å². The predicted octanol–water partition coefficient (Wildman–Crippen LogP) is -1.41. The maximum Gasteiger partial charge on any atom is 1.00 e. The number of hydrogen-bond donors (Lipinski definition) is 0. The molecule has 0 spiro atoms. The molecule has 0 bridgehead atoms. The van der Waals surface area contributed by atoms with Gasteiger partial charge in [-0.2, -0.15) is 5.26 Å². The smallest absolute Gasteiger partial charge is 0.673 e. The number of nitriles is 1. The van der Waals surface area contributed by atoms with E-state index >= 15 is 0 Å². The molecule has 2 rings (SSSR count). The van der Waals surface area contributed by atoms with Crippen LogP contribution in [0.1, 0.15) is 12.0 Å². The summed E-state index contributed by atoms with van der Waals surface area (Å²) in [6.07, 6.45) is 2.48. The van der Waals surface area contributed by atoms with E-state index in [1.54, 1.807) is 12.3 Å². The van der Waals surface area contributed by atoms with Gasteiger partial charge in [-0.15, -0.1) is 6.04 Å². The largest absolute Gasteiger partial charge is 1.00 e. The monoisotopic (exact) mass is 226 g/mol. The van der Waals surface area contributed by atoms with E-state index in [1.807, 2.05) is 12.1 Å². The number of nitrogens with one attached hydrogen (secondary N) is 1. The van der Waals surface area contributed by atoms with E-state index in [0.29, 0.717) is 5.56 Å². The summed E-state index contributed by atoms with van der Waals surface area (Å²) in [7, 11) is 0. The Balaban J connectivity index is 0.00000112. The molecule has 1 atom stereocenters. The predicted molar refractivity (Wildman–Crippen MR) is 53.9 cm³/mol. The van der Waals surface area contributed by atoms with Gasteiger partial charge in [-0.3, -0.25) is 0 Å². The van der Waals surface area contributed by atoms with Crippen LogP contribution in [-0.4, -0.2) is 24.1 Å². The Morgan fingerprint density at radius 2 is 2.33 bits per heavy atom. The second kappa shape index (κ2) is 5.94. The topological polar surface area (TPSA) is 63.7 Å². The van der Waals surface area contributed by atoms with Crippen LogP contribution >= 0.6 is 0 Å². The fourth-order valence-corrected chi connectivity index (χ4v) is 1.61. The number of nitrogens with zero attached hydrogens (tertiary/aromatic N) is 3. The molecule has 4 nitrogen and oxygen atoms in total. The molecule has 2 heterocycles. The number of anilines is 1. The van der Waals surface area contributed by atoms with Gasteiger partial charge >= 0.3 is 51.4 Å². The van der Waals surface area contributed by atoms with Crippen LogP contribution in [0.4, 0.5) is 5.82 Å². The maximum absolute atomic E-state index is 8.60. The van der Waals surface area contributed by atoms with Crippen LogP contribution in [0.3, 0.4) is 0 Å². The normalized spacial score (nSPS) is 19.5. The van der Waals surface area contributed by atoms with Gasteiger partial charge in [0.05, 0.1) is 5.56 Å². The minimum atomic E-state index is 0. The van der Waals surface area contributed by atoms with Gasteiger partial charge in [0, 0.05) is 19.3 Å². The van der Waals surface area contributed by atoms with Crippen molar-refractivity contribution in [2.75, 3.05) is 18.0 Å². The Labute approximate surface area is 132 Å². The van der Waals surface area contributed by atoms with Crippen LogP contribution < -0.4 is 56.3 Å². The third kappa shape index (κ3) is 3.24. The molecule has 15 heavy (non-hydrogen) atoms. The first kappa shape index (κ1) is 13.1. The van der Waals surface area contributed by atoms with Crippen LogP contribution in [0.25, 0.3) is 5.73 Å². The summed E-state index contributed by atoms with van der Waals surface area (Å²) in [5, 5.41) is 8.60. The zero-order valence-corrected chi connectivity index (χ0v) is 11.9. The summed E-state index contributed by atoms with van der Waals surface area (Å²) < 4.78 is 0. The van der Waals surface area contributed by atoms with Crippen molar-refractivity contribution >= 4 is 5.82 Å². The van der Waals surface area contributed by atoms with E-state index in [-0.39, 0.29) is 57.4 Å². The maximum atomic E-state index is 8.60. The van der Waals surface area contributed by atoms with Crippen LogP contribution in [0, 0.1) is 11.3 Å².